The quantitative estimate of drug-likeness (QED) is 0.335. The van der Waals surface area contributed by atoms with E-state index in [9.17, 15) is 29.1 Å². The molecule has 32 heavy (non-hydrogen) atoms. The smallest absolute Gasteiger partial charge is 0.337 e. The van der Waals surface area contributed by atoms with Crippen LogP contribution < -0.4 is 0 Å². The Morgan fingerprint density at radius 1 is 0.656 bits per heavy atom. The summed E-state index contributed by atoms with van der Waals surface area (Å²) < 4.78 is 26.6. The number of hydrogen-bond acceptors (Lipinski definition) is 10. The number of rotatable bonds is 12. The van der Waals surface area contributed by atoms with Crippen molar-refractivity contribution in [2.45, 2.75) is 103 Å². The SMILES string of the molecule is CCCC(=O)O[C@H]1O[C@H](C(=O)O)[C@@H](OC(=O)CCC)[C@H](OC(=O)CCC)[C@H]1OC(=O)CC. The first-order valence-electron chi connectivity index (χ1n) is 10.8. The molecule has 1 fully saturated rings. The van der Waals surface area contributed by atoms with E-state index in [1.165, 1.54) is 6.92 Å². The van der Waals surface area contributed by atoms with Crippen LogP contribution in [0.4, 0.5) is 0 Å². The van der Waals surface area contributed by atoms with Gasteiger partial charge in [-0.25, -0.2) is 4.79 Å². The standard InChI is InChI=1S/C21H32O11/c1-5-9-13(23)29-16-17(30-14(24)10-6-2)19(28-12(22)8-4)21(31-15(25)11-7-3)32-18(16)20(26)27/h16-19,21H,5-11H2,1-4H3,(H,26,27)/t16-,17-,18-,19+,21-/m0/s1. The number of ether oxygens (including phenoxy) is 5. The van der Waals surface area contributed by atoms with Gasteiger partial charge in [-0.05, 0) is 19.3 Å². The highest BCUT2D eigenvalue weighted by atomic mass is 16.7. The molecule has 0 spiro atoms. The fourth-order valence-electron chi connectivity index (χ4n) is 2.95. The molecule has 0 unspecified atom stereocenters. The summed E-state index contributed by atoms with van der Waals surface area (Å²) >= 11 is 0. The van der Waals surface area contributed by atoms with E-state index in [0.717, 1.165) is 0 Å². The molecule has 0 aliphatic carbocycles. The van der Waals surface area contributed by atoms with Crippen LogP contribution in [-0.2, 0) is 47.7 Å². The average molecular weight is 460 g/mol. The maximum atomic E-state index is 12.3. The molecule has 0 radical (unpaired) electrons. The van der Waals surface area contributed by atoms with Gasteiger partial charge in [0.2, 0.25) is 12.4 Å². The minimum atomic E-state index is -1.83. The largest absolute Gasteiger partial charge is 0.479 e. The van der Waals surface area contributed by atoms with Crippen molar-refractivity contribution < 1.29 is 52.8 Å². The van der Waals surface area contributed by atoms with Crippen molar-refractivity contribution in [3.05, 3.63) is 0 Å². The molecule has 1 aliphatic heterocycles. The molecule has 1 heterocycles. The van der Waals surface area contributed by atoms with Crippen molar-refractivity contribution in [1.29, 1.82) is 0 Å². The Kier molecular flexibility index (Phi) is 11.7. The first kappa shape index (κ1) is 27.3. The minimum Gasteiger partial charge on any atom is -0.479 e. The van der Waals surface area contributed by atoms with E-state index in [1.54, 1.807) is 20.8 Å². The molecule has 1 N–H and O–H groups in total. The molecular formula is C21H32O11. The molecule has 11 nitrogen and oxygen atoms in total. The van der Waals surface area contributed by atoms with Crippen LogP contribution in [-0.4, -0.2) is 65.7 Å². The molecule has 0 bridgehead atoms. The molecule has 11 heteroatoms. The van der Waals surface area contributed by atoms with Gasteiger partial charge in [0.25, 0.3) is 0 Å². The maximum Gasteiger partial charge on any atom is 0.337 e. The van der Waals surface area contributed by atoms with Crippen molar-refractivity contribution in [3.8, 4) is 0 Å². The third kappa shape index (κ3) is 8.10. The average Bonchev–Trinajstić information content (AvgIpc) is 2.71. The molecule has 0 aromatic rings. The van der Waals surface area contributed by atoms with Gasteiger partial charge in [-0.15, -0.1) is 0 Å². The third-order valence-electron chi connectivity index (χ3n) is 4.44. The number of aliphatic carboxylic acids is 1. The van der Waals surface area contributed by atoms with Crippen LogP contribution in [0, 0.1) is 0 Å². The molecule has 0 aromatic heterocycles. The first-order chi connectivity index (χ1) is 15.2. The van der Waals surface area contributed by atoms with Gasteiger partial charge >= 0.3 is 29.8 Å². The van der Waals surface area contributed by atoms with E-state index >= 15 is 0 Å². The zero-order valence-electron chi connectivity index (χ0n) is 18.9. The van der Waals surface area contributed by atoms with Crippen molar-refractivity contribution in [3.63, 3.8) is 0 Å². The second-order valence-electron chi connectivity index (χ2n) is 7.22. The predicted molar refractivity (Wildman–Crippen MR) is 107 cm³/mol. The van der Waals surface area contributed by atoms with Crippen LogP contribution in [0.25, 0.3) is 0 Å². The molecule has 0 saturated carbocycles. The van der Waals surface area contributed by atoms with Crippen molar-refractivity contribution >= 4 is 29.8 Å². The third-order valence-corrected chi connectivity index (χ3v) is 4.44. The number of hydrogen-bond donors (Lipinski definition) is 1. The van der Waals surface area contributed by atoms with Crippen LogP contribution in [0.1, 0.15) is 72.6 Å². The van der Waals surface area contributed by atoms with E-state index in [1.807, 2.05) is 0 Å². The summed E-state index contributed by atoms with van der Waals surface area (Å²) in [5.74, 6) is -4.46. The number of carbonyl (C=O) groups is 5. The molecule has 1 saturated heterocycles. The molecule has 1 aliphatic rings. The van der Waals surface area contributed by atoms with E-state index in [4.69, 9.17) is 23.7 Å². The van der Waals surface area contributed by atoms with Gasteiger partial charge in [0.05, 0.1) is 0 Å². The minimum absolute atomic E-state index is 0.00124. The van der Waals surface area contributed by atoms with Crippen molar-refractivity contribution in [2.24, 2.45) is 0 Å². The molecular weight excluding hydrogens is 428 g/mol. The van der Waals surface area contributed by atoms with Gasteiger partial charge in [0.1, 0.15) is 0 Å². The van der Waals surface area contributed by atoms with Gasteiger partial charge < -0.3 is 28.8 Å². The van der Waals surface area contributed by atoms with Gasteiger partial charge in [-0.1, -0.05) is 27.7 Å². The van der Waals surface area contributed by atoms with Crippen LogP contribution in [0.5, 0.6) is 0 Å². The summed E-state index contributed by atoms with van der Waals surface area (Å²) in [6.07, 6.45) is -7.01. The summed E-state index contributed by atoms with van der Waals surface area (Å²) in [5, 5.41) is 9.67. The summed E-state index contributed by atoms with van der Waals surface area (Å²) in [7, 11) is 0. The zero-order chi connectivity index (χ0) is 24.3. The number of carboxylic acids is 1. The van der Waals surface area contributed by atoms with Crippen LogP contribution in [0.15, 0.2) is 0 Å². The zero-order valence-corrected chi connectivity index (χ0v) is 18.9. The van der Waals surface area contributed by atoms with E-state index in [0.29, 0.717) is 19.3 Å². The number of esters is 4. The lowest BCUT2D eigenvalue weighted by molar-refractivity contribution is -0.295. The maximum absolute atomic E-state index is 12.3. The molecule has 0 amide bonds. The monoisotopic (exact) mass is 460 g/mol. The predicted octanol–water partition coefficient (Wildman–Crippen LogP) is 1.88. The van der Waals surface area contributed by atoms with Crippen LogP contribution in [0.3, 0.4) is 0 Å². The van der Waals surface area contributed by atoms with E-state index in [2.05, 4.69) is 0 Å². The van der Waals surface area contributed by atoms with Crippen LogP contribution in [0.2, 0.25) is 0 Å². The molecule has 182 valence electrons. The topological polar surface area (TPSA) is 152 Å². The molecule has 1 rings (SSSR count). The van der Waals surface area contributed by atoms with Gasteiger partial charge in [-0.2, -0.15) is 0 Å². The summed E-state index contributed by atoms with van der Waals surface area (Å²) in [5.41, 5.74) is 0. The fourth-order valence-corrected chi connectivity index (χ4v) is 2.95. The molecule has 0 aromatic carbocycles. The number of carbonyl (C=O) groups excluding carboxylic acids is 4. The normalized spacial score (nSPS) is 24.8. The highest BCUT2D eigenvalue weighted by Crippen LogP contribution is 2.31. The lowest BCUT2D eigenvalue weighted by Crippen LogP contribution is -2.64. The van der Waals surface area contributed by atoms with Gasteiger partial charge in [-0.3, -0.25) is 19.2 Å². The summed E-state index contributed by atoms with van der Waals surface area (Å²) in [6, 6.07) is 0. The first-order valence-corrected chi connectivity index (χ1v) is 10.8. The Morgan fingerprint density at radius 3 is 1.53 bits per heavy atom. The van der Waals surface area contributed by atoms with E-state index < -0.39 is 60.6 Å². The van der Waals surface area contributed by atoms with Gasteiger partial charge in [0, 0.05) is 25.7 Å². The lowest BCUT2D eigenvalue weighted by atomic mass is 9.97. The highest BCUT2D eigenvalue weighted by molar-refractivity contribution is 5.76. The van der Waals surface area contributed by atoms with E-state index in [-0.39, 0.29) is 25.7 Å². The Labute approximate surface area is 186 Å². The van der Waals surface area contributed by atoms with Crippen molar-refractivity contribution in [1.82, 2.24) is 0 Å². The fraction of sp³-hybridized carbons (Fsp3) is 0.762. The van der Waals surface area contributed by atoms with Crippen molar-refractivity contribution in [2.75, 3.05) is 0 Å². The highest BCUT2D eigenvalue weighted by Gasteiger charge is 2.56. The Bertz CT molecular complexity index is 675. The Morgan fingerprint density at radius 2 is 1.09 bits per heavy atom. The lowest BCUT2D eigenvalue weighted by Gasteiger charge is -2.42. The summed E-state index contributed by atoms with van der Waals surface area (Å²) in [6.45, 7) is 6.70. The molecule has 5 atom stereocenters. The van der Waals surface area contributed by atoms with Gasteiger partial charge in [0.15, 0.2) is 18.3 Å². The summed E-state index contributed by atoms with van der Waals surface area (Å²) in [4.78, 5) is 60.5. The van der Waals surface area contributed by atoms with Crippen LogP contribution >= 0.6 is 0 Å². The number of carboxylic acid groups (broad SMARTS) is 1. The Balaban J connectivity index is 3.41. The second-order valence-corrected chi connectivity index (χ2v) is 7.22. The second kappa shape index (κ2) is 13.7. The Hall–Kier alpha value is -2.69.